The topological polar surface area (TPSA) is 104 Å². The van der Waals surface area contributed by atoms with Crippen LogP contribution < -0.4 is 10.9 Å². The standard InChI is InChI=1S/C14H12N4O3/c19-13(17-16-9-10-3-2-6-15-8-10)11-4-1-5-12(7-11)14(20)18-21/h1-9,21H,(H,17,19)(H,18,20)/b16-9+. The summed E-state index contributed by atoms with van der Waals surface area (Å²) in [7, 11) is 0. The molecular formula is C14H12N4O3. The van der Waals surface area contributed by atoms with E-state index in [1.165, 1.54) is 36.0 Å². The predicted octanol–water partition coefficient (Wildman–Crippen LogP) is 0.965. The van der Waals surface area contributed by atoms with Crippen LogP contribution in [0.4, 0.5) is 0 Å². The highest BCUT2D eigenvalue weighted by Gasteiger charge is 2.09. The van der Waals surface area contributed by atoms with Gasteiger partial charge in [-0.1, -0.05) is 12.1 Å². The molecule has 0 spiro atoms. The third-order valence-electron chi connectivity index (χ3n) is 2.55. The van der Waals surface area contributed by atoms with Crippen molar-refractivity contribution in [3.05, 3.63) is 65.5 Å². The predicted molar refractivity (Wildman–Crippen MR) is 75.0 cm³/mol. The molecule has 0 saturated heterocycles. The average molecular weight is 284 g/mol. The van der Waals surface area contributed by atoms with Gasteiger partial charge in [0.15, 0.2) is 0 Å². The molecule has 7 heteroatoms. The summed E-state index contributed by atoms with van der Waals surface area (Å²) >= 11 is 0. The Bertz CT molecular complexity index is 671. The van der Waals surface area contributed by atoms with Gasteiger partial charge in [-0.05, 0) is 24.3 Å². The first-order chi connectivity index (χ1) is 10.2. The fraction of sp³-hybridized carbons (Fsp3) is 0. The van der Waals surface area contributed by atoms with E-state index in [2.05, 4.69) is 15.5 Å². The molecule has 106 valence electrons. The number of hydrogen-bond acceptors (Lipinski definition) is 5. The van der Waals surface area contributed by atoms with Crippen LogP contribution in [0.15, 0.2) is 53.9 Å². The van der Waals surface area contributed by atoms with Crippen LogP contribution in [0.3, 0.4) is 0 Å². The first kappa shape index (κ1) is 14.4. The van der Waals surface area contributed by atoms with Gasteiger partial charge in [0, 0.05) is 29.1 Å². The first-order valence-electron chi connectivity index (χ1n) is 5.98. The molecule has 0 bridgehead atoms. The highest BCUT2D eigenvalue weighted by molar-refractivity contribution is 5.99. The van der Waals surface area contributed by atoms with Crippen LogP contribution >= 0.6 is 0 Å². The number of rotatable bonds is 4. The van der Waals surface area contributed by atoms with Crippen molar-refractivity contribution >= 4 is 18.0 Å². The number of hydroxylamine groups is 1. The van der Waals surface area contributed by atoms with Gasteiger partial charge in [-0.2, -0.15) is 5.10 Å². The maximum atomic E-state index is 11.9. The molecule has 0 aliphatic rings. The van der Waals surface area contributed by atoms with Gasteiger partial charge in [-0.25, -0.2) is 10.9 Å². The lowest BCUT2D eigenvalue weighted by atomic mass is 10.1. The molecule has 7 nitrogen and oxygen atoms in total. The lowest BCUT2D eigenvalue weighted by Gasteiger charge is -2.02. The molecule has 0 unspecified atom stereocenters. The molecule has 21 heavy (non-hydrogen) atoms. The minimum Gasteiger partial charge on any atom is -0.288 e. The zero-order valence-corrected chi connectivity index (χ0v) is 10.9. The van der Waals surface area contributed by atoms with Gasteiger partial charge < -0.3 is 0 Å². The summed E-state index contributed by atoms with van der Waals surface area (Å²) < 4.78 is 0. The van der Waals surface area contributed by atoms with Gasteiger partial charge in [0.25, 0.3) is 11.8 Å². The number of hydrogen-bond donors (Lipinski definition) is 3. The molecule has 2 rings (SSSR count). The third kappa shape index (κ3) is 3.95. The average Bonchev–Trinajstić information content (AvgIpc) is 2.55. The van der Waals surface area contributed by atoms with Crippen LogP contribution in [0.5, 0.6) is 0 Å². The van der Waals surface area contributed by atoms with Crippen molar-refractivity contribution in [3.63, 3.8) is 0 Å². The number of amides is 2. The number of benzene rings is 1. The molecule has 0 saturated carbocycles. The van der Waals surface area contributed by atoms with E-state index in [0.717, 1.165) is 5.56 Å². The Morgan fingerprint density at radius 1 is 1.14 bits per heavy atom. The summed E-state index contributed by atoms with van der Waals surface area (Å²) in [5.74, 6) is -1.16. The minimum absolute atomic E-state index is 0.168. The van der Waals surface area contributed by atoms with Crippen LogP contribution in [-0.2, 0) is 0 Å². The van der Waals surface area contributed by atoms with E-state index >= 15 is 0 Å². The Morgan fingerprint density at radius 3 is 2.57 bits per heavy atom. The van der Waals surface area contributed by atoms with Crippen LogP contribution in [0.25, 0.3) is 0 Å². The molecule has 3 N–H and O–H groups in total. The van der Waals surface area contributed by atoms with E-state index in [-0.39, 0.29) is 11.1 Å². The number of carbonyl (C=O) groups is 2. The van der Waals surface area contributed by atoms with Crippen molar-refractivity contribution in [1.29, 1.82) is 0 Å². The van der Waals surface area contributed by atoms with E-state index in [1.807, 2.05) is 0 Å². The second-order valence-corrected chi connectivity index (χ2v) is 4.01. The lowest BCUT2D eigenvalue weighted by Crippen LogP contribution is -2.21. The van der Waals surface area contributed by atoms with Crippen molar-refractivity contribution in [1.82, 2.24) is 15.9 Å². The Morgan fingerprint density at radius 2 is 1.90 bits per heavy atom. The molecule has 0 radical (unpaired) electrons. The van der Waals surface area contributed by atoms with Crippen molar-refractivity contribution in [2.45, 2.75) is 0 Å². The largest absolute Gasteiger partial charge is 0.288 e. The first-order valence-corrected chi connectivity index (χ1v) is 5.98. The van der Waals surface area contributed by atoms with E-state index in [0.29, 0.717) is 0 Å². The number of nitrogens with zero attached hydrogens (tertiary/aromatic N) is 2. The highest BCUT2D eigenvalue weighted by atomic mass is 16.5. The van der Waals surface area contributed by atoms with Gasteiger partial charge >= 0.3 is 0 Å². The molecule has 1 aromatic carbocycles. The van der Waals surface area contributed by atoms with Gasteiger partial charge in [0.1, 0.15) is 0 Å². The highest BCUT2D eigenvalue weighted by Crippen LogP contribution is 2.05. The molecular weight excluding hydrogens is 272 g/mol. The van der Waals surface area contributed by atoms with E-state index in [9.17, 15) is 9.59 Å². The zero-order valence-electron chi connectivity index (χ0n) is 10.9. The van der Waals surface area contributed by atoms with Gasteiger partial charge in [-0.3, -0.25) is 19.8 Å². The monoisotopic (exact) mass is 284 g/mol. The molecule has 2 aromatic rings. The maximum absolute atomic E-state index is 11.9. The Hall–Kier alpha value is -3.06. The Kier molecular flexibility index (Phi) is 4.73. The number of aromatic nitrogens is 1. The number of carbonyl (C=O) groups excluding carboxylic acids is 2. The summed E-state index contributed by atoms with van der Waals surface area (Å²) in [4.78, 5) is 27.0. The van der Waals surface area contributed by atoms with E-state index in [1.54, 1.807) is 24.5 Å². The van der Waals surface area contributed by atoms with Crippen molar-refractivity contribution in [3.8, 4) is 0 Å². The van der Waals surface area contributed by atoms with Crippen LogP contribution in [0.2, 0.25) is 0 Å². The fourth-order valence-corrected chi connectivity index (χ4v) is 1.55. The Labute approximate surface area is 120 Å². The minimum atomic E-state index is -0.691. The molecule has 0 aliphatic carbocycles. The van der Waals surface area contributed by atoms with Crippen molar-refractivity contribution in [2.75, 3.05) is 0 Å². The van der Waals surface area contributed by atoms with Crippen LogP contribution in [0.1, 0.15) is 26.3 Å². The second kappa shape index (κ2) is 6.92. The molecule has 0 atom stereocenters. The lowest BCUT2D eigenvalue weighted by molar-refractivity contribution is 0.0706. The van der Waals surface area contributed by atoms with Gasteiger partial charge in [0.2, 0.25) is 0 Å². The van der Waals surface area contributed by atoms with E-state index in [4.69, 9.17) is 5.21 Å². The summed E-state index contributed by atoms with van der Waals surface area (Å²) in [5, 5.41) is 12.4. The van der Waals surface area contributed by atoms with Crippen molar-refractivity contribution < 1.29 is 14.8 Å². The van der Waals surface area contributed by atoms with Gasteiger partial charge in [-0.15, -0.1) is 0 Å². The van der Waals surface area contributed by atoms with Crippen LogP contribution in [0, 0.1) is 0 Å². The second-order valence-electron chi connectivity index (χ2n) is 4.01. The molecule has 1 aromatic heterocycles. The SMILES string of the molecule is O=C(NO)c1cccc(C(=O)N/N=C/c2cccnc2)c1. The fourth-order valence-electron chi connectivity index (χ4n) is 1.55. The maximum Gasteiger partial charge on any atom is 0.274 e. The molecule has 0 aliphatic heterocycles. The smallest absolute Gasteiger partial charge is 0.274 e. The third-order valence-corrected chi connectivity index (χ3v) is 2.55. The summed E-state index contributed by atoms with van der Waals surface area (Å²) in [6, 6.07) is 9.42. The summed E-state index contributed by atoms with van der Waals surface area (Å²) in [6.45, 7) is 0. The number of pyridine rings is 1. The normalized spacial score (nSPS) is 10.3. The van der Waals surface area contributed by atoms with Gasteiger partial charge in [0.05, 0.1) is 6.21 Å². The number of hydrazone groups is 1. The Balaban J connectivity index is 2.04. The summed E-state index contributed by atoms with van der Waals surface area (Å²) in [6.07, 6.45) is 4.69. The van der Waals surface area contributed by atoms with E-state index < -0.39 is 11.8 Å². The van der Waals surface area contributed by atoms with Crippen LogP contribution in [-0.4, -0.2) is 28.2 Å². The molecule has 0 fully saturated rings. The molecule has 2 amide bonds. The number of nitrogens with one attached hydrogen (secondary N) is 2. The molecule has 1 heterocycles. The van der Waals surface area contributed by atoms with Crippen molar-refractivity contribution in [2.24, 2.45) is 5.10 Å². The summed E-state index contributed by atoms with van der Waals surface area (Å²) in [5.41, 5.74) is 5.00. The quantitative estimate of drug-likeness (QED) is 0.442. The zero-order chi connectivity index (χ0) is 15.1.